The summed E-state index contributed by atoms with van der Waals surface area (Å²) in [6.45, 7) is 3.82. The summed E-state index contributed by atoms with van der Waals surface area (Å²) in [6, 6.07) is 0. The summed E-state index contributed by atoms with van der Waals surface area (Å²) in [4.78, 5) is 0. The van der Waals surface area contributed by atoms with Gasteiger partial charge in [-0.05, 0) is 31.6 Å². The molecule has 0 bridgehead atoms. The van der Waals surface area contributed by atoms with Crippen molar-refractivity contribution >= 4 is 0 Å². The van der Waals surface area contributed by atoms with Crippen molar-refractivity contribution < 1.29 is 4.74 Å². The lowest BCUT2D eigenvalue weighted by atomic mass is 10.2. The van der Waals surface area contributed by atoms with Crippen LogP contribution in [-0.4, -0.2) is 14.2 Å². The lowest BCUT2D eigenvalue weighted by Crippen LogP contribution is -1.97. The second-order valence-electron chi connectivity index (χ2n) is 2.82. The molecule has 0 saturated carbocycles. The van der Waals surface area contributed by atoms with Crippen LogP contribution in [0.25, 0.3) is 0 Å². The number of ether oxygens (including phenoxy) is 1. The first kappa shape index (κ1) is 11.6. The summed E-state index contributed by atoms with van der Waals surface area (Å²) in [7, 11) is 3.46. The van der Waals surface area contributed by atoms with Gasteiger partial charge in [-0.2, -0.15) is 0 Å². The Morgan fingerprint density at radius 1 is 1.31 bits per heavy atom. The van der Waals surface area contributed by atoms with Gasteiger partial charge in [0.2, 0.25) is 0 Å². The smallest absolute Gasteiger partial charge is 0.134 e. The first-order chi connectivity index (χ1) is 6.10. The number of allylic oxidation sites excluding steroid dienone is 4. The average Bonchev–Trinajstić information content (AvgIpc) is 2.02. The van der Waals surface area contributed by atoms with Crippen molar-refractivity contribution in [3.8, 4) is 0 Å². The molecule has 0 aromatic rings. The number of hydrogen-bond donors (Lipinski definition) is 2. The van der Waals surface area contributed by atoms with E-state index < -0.39 is 0 Å². The van der Waals surface area contributed by atoms with Gasteiger partial charge in [0.05, 0.1) is 7.11 Å². The minimum Gasteiger partial charge on any atom is -0.495 e. The highest BCUT2D eigenvalue weighted by molar-refractivity contribution is 5.26. The van der Waals surface area contributed by atoms with Crippen LogP contribution in [0.3, 0.4) is 0 Å². The molecule has 74 valence electrons. The maximum Gasteiger partial charge on any atom is 0.134 e. The third kappa shape index (κ3) is 5.84. The Morgan fingerprint density at radius 2 is 1.92 bits per heavy atom. The third-order valence-corrected chi connectivity index (χ3v) is 1.35. The molecule has 0 amide bonds. The van der Waals surface area contributed by atoms with E-state index >= 15 is 0 Å². The molecule has 0 aliphatic carbocycles. The van der Waals surface area contributed by atoms with Crippen LogP contribution in [0, 0.1) is 0 Å². The van der Waals surface area contributed by atoms with Gasteiger partial charge in [-0.3, -0.25) is 0 Å². The minimum atomic E-state index is 0.775. The normalized spacial score (nSPS) is 14.3. The maximum atomic E-state index is 5.53. The first-order valence-electron chi connectivity index (χ1n) is 4.13. The topological polar surface area (TPSA) is 47.3 Å². The fourth-order valence-electron chi connectivity index (χ4n) is 0.927. The van der Waals surface area contributed by atoms with Gasteiger partial charge < -0.3 is 15.8 Å². The van der Waals surface area contributed by atoms with Gasteiger partial charge in [-0.1, -0.05) is 0 Å². The Balaban J connectivity index is 4.52. The molecule has 0 rings (SSSR count). The van der Waals surface area contributed by atoms with Crippen LogP contribution in [0.2, 0.25) is 0 Å². The minimum absolute atomic E-state index is 0.775. The van der Waals surface area contributed by atoms with E-state index in [1.54, 1.807) is 13.3 Å². The van der Waals surface area contributed by atoms with E-state index in [9.17, 15) is 0 Å². The quantitative estimate of drug-likeness (QED) is 0.511. The van der Waals surface area contributed by atoms with E-state index in [0.29, 0.717) is 0 Å². The second-order valence-corrected chi connectivity index (χ2v) is 2.82. The second kappa shape index (κ2) is 6.17. The van der Waals surface area contributed by atoms with E-state index in [4.69, 9.17) is 10.5 Å². The molecule has 0 unspecified atom stereocenters. The van der Waals surface area contributed by atoms with Gasteiger partial charge in [0, 0.05) is 18.9 Å². The molecule has 0 spiro atoms. The van der Waals surface area contributed by atoms with Crippen molar-refractivity contribution in [2.75, 3.05) is 14.2 Å². The van der Waals surface area contributed by atoms with E-state index in [1.807, 2.05) is 33.0 Å². The largest absolute Gasteiger partial charge is 0.495 e. The number of nitrogens with two attached hydrogens (primary N) is 1. The summed E-state index contributed by atoms with van der Waals surface area (Å²) in [5, 5.41) is 2.89. The van der Waals surface area contributed by atoms with Crippen molar-refractivity contribution in [2.45, 2.75) is 13.8 Å². The van der Waals surface area contributed by atoms with Gasteiger partial charge in [0.15, 0.2) is 0 Å². The summed E-state index contributed by atoms with van der Waals surface area (Å²) in [5.41, 5.74) is 7.37. The monoisotopic (exact) mass is 182 g/mol. The van der Waals surface area contributed by atoms with Gasteiger partial charge in [0.1, 0.15) is 5.76 Å². The van der Waals surface area contributed by atoms with E-state index in [0.717, 1.165) is 17.0 Å². The molecule has 0 saturated heterocycles. The first-order valence-corrected chi connectivity index (χ1v) is 4.13. The zero-order valence-electron chi connectivity index (χ0n) is 8.72. The molecule has 0 aliphatic rings. The molecule has 13 heavy (non-hydrogen) atoms. The Labute approximate surface area is 80.0 Å². The van der Waals surface area contributed by atoms with Crippen LogP contribution in [0.15, 0.2) is 35.4 Å². The van der Waals surface area contributed by atoms with Crippen molar-refractivity contribution in [3.63, 3.8) is 0 Å². The van der Waals surface area contributed by atoms with E-state index in [2.05, 4.69) is 5.32 Å². The molecule has 0 fully saturated rings. The van der Waals surface area contributed by atoms with Crippen molar-refractivity contribution in [1.29, 1.82) is 0 Å². The molecule has 0 aliphatic heterocycles. The van der Waals surface area contributed by atoms with Gasteiger partial charge >= 0.3 is 0 Å². The summed E-state index contributed by atoms with van der Waals surface area (Å²) < 4.78 is 5.10. The zero-order valence-corrected chi connectivity index (χ0v) is 8.72. The highest BCUT2D eigenvalue weighted by Crippen LogP contribution is 2.04. The SMILES string of the molecule is CN/C=C(/C=C(C)\C=C(/C)N)OC. The van der Waals surface area contributed by atoms with Gasteiger partial charge in [-0.15, -0.1) is 0 Å². The van der Waals surface area contributed by atoms with Gasteiger partial charge in [0.25, 0.3) is 0 Å². The molecule has 0 radical (unpaired) electrons. The Kier molecular flexibility index (Phi) is 5.52. The van der Waals surface area contributed by atoms with E-state index in [1.165, 1.54) is 0 Å². The molecular formula is C10H18N2O. The molecule has 0 atom stereocenters. The molecule has 0 aromatic carbocycles. The predicted octanol–water partition coefficient (Wildman–Crippen LogP) is 1.50. The summed E-state index contributed by atoms with van der Waals surface area (Å²) >= 11 is 0. The molecule has 0 aromatic heterocycles. The third-order valence-electron chi connectivity index (χ3n) is 1.35. The van der Waals surface area contributed by atoms with Crippen LogP contribution in [0.4, 0.5) is 0 Å². The van der Waals surface area contributed by atoms with Crippen LogP contribution in [0.1, 0.15) is 13.8 Å². The number of rotatable bonds is 4. The summed E-state index contributed by atoms with van der Waals surface area (Å²) in [6.07, 6.45) is 5.58. The lowest BCUT2D eigenvalue weighted by molar-refractivity contribution is 0.304. The van der Waals surface area contributed by atoms with Crippen LogP contribution in [-0.2, 0) is 4.74 Å². The maximum absolute atomic E-state index is 5.53. The molecule has 3 N–H and O–H groups in total. The van der Waals surface area contributed by atoms with Crippen LogP contribution < -0.4 is 11.1 Å². The van der Waals surface area contributed by atoms with Crippen molar-refractivity contribution in [2.24, 2.45) is 5.73 Å². The van der Waals surface area contributed by atoms with Crippen LogP contribution in [0.5, 0.6) is 0 Å². The van der Waals surface area contributed by atoms with Crippen molar-refractivity contribution in [1.82, 2.24) is 5.32 Å². The Bertz CT molecular complexity index is 235. The summed E-state index contributed by atoms with van der Waals surface area (Å²) in [5.74, 6) is 0.775. The van der Waals surface area contributed by atoms with Gasteiger partial charge in [-0.25, -0.2) is 0 Å². The van der Waals surface area contributed by atoms with Crippen LogP contribution >= 0.6 is 0 Å². The average molecular weight is 182 g/mol. The predicted molar refractivity (Wildman–Crippen MR) is 55.9 cm³/mol. The highest BCUT2D eigenvalue weighted by Gasteiger charge is 1.90. The van der Waals surface area contributed by atoms with E-state index in [-0.39, 0.29) is 0 Å². The Morgan fingerprint density at radius 3 is 2.31 bits per heavy atom. The Hall–Kier alpha value is -1.38. The fourth-order valence-corrected chi connectivity index (χ4v) is 0.927. The van der Waals surface area contributed by atoms with Crippen molar-refractivity contribution in [3.05, 3.63) is 35.4 Å². The number of hydrogen-bond acceptors (Lipinski definition) is 3. The molecule has 3 heteroatoms. The standard InChI is InChI=1S/C10H18N2O/c1-8(5-9(2)11)6-10(13-4)7-12-3/h5-7,12H,11H2,1-4H3/b8-6-,9-5+,10-7-. The fraction of sp³-hybridized carbons (Fsp3) is 0.400. The highest BCUT2D eigenvalue weighted by atomic mass is 16.5. The zero-order chi connectivity index (χ0) is 10.3. The molecular weight excluding hydrogens is 164 g/mol. The molecule has 0 heterocycles. The lowest BCUT2D eigenvalue weighted by Gasteiger charge is -2.01. The number of nitrogens with one attached hydrogen (secondary N) is 1. The molecule has 3 nitrogen and oxygen atoms in total. The number of methoxy groups -OCH3 is 1.